The fourth-order valence-corrected chi connectivity index (χ4v) is 2.90. The van der Waals surface area contributed by atoms with Gasteiger partial charge in [-0.05, 0) is 43.6 Å². The Kier molecular flexibility index (Phi) is 5.31. The number of nitrogens with one attached hydrogen (secondary N) is 1. The van der Waals surface area contributed by atoms with Gasteiger partial charge in [-0.25, -0.2) is 0 Å². The average molecular weight is 287 g/mol. The summed E-state index contributed by atoms with van der Waals surface area (Å²) < 4.78 is 0. The quantitative estimate of drug-likeness (QED) is 0.890. The molecular formula is C14H20Cl2N2. The van der Waals surface area contributed by atoms with Crippen molar-refractivity contribution in [1.82, 2.24) is 10.2 Å². The van der Waals surface area contributed by atoms with Crippen LogP contribution in [0.1, 0.15) is 25.3 Å². The third kappa shape index (κ3) is 3.61. The Balaban J connectivity index is 1.79. The summed E-state index contributed by atoms with van der Waals surface area (Å²) in [5.41, 5.74) is 1.19. The number of rotatable bonds is 5. The smallest absolute Gasteiger partial charge is 0.0595 e. The Morgan fingerprint density at radius 1 is 1.33 bits per heavy atom. The second kappa shape index (κ2) is 6.76. The van der Waals surface area contributed by atoms with Gasteiger partial charge in [0.2, 0.25) is 0 Å². The molecule has 0 aliphatic carbocycles. The van der Waals surface area contributed by atoms with E-state index in [1.165, 1.54) is 24.9 Å². The van der Waals surface area contributed by atoms with E-state index < -0.39 is 0 Å². The van der Waals surface area contributed by atoms with Crippen molar-refractivity contribution in [2.75, 3.05) is 19.6 Å². The molecule has 1 saturated heterocycles. The van der Waals surface area contributed by atoms with Gasteiger partial charge in [0.1, 0.15) is 0 Å². The van der Waals surface area contributed by atoms with Gasteiger partial charge < -0.3 is 5.32 Å². The van der Waals surface area contributed by atoms with Crippen LogP contribution in [-0.4, -0.2) is 30.6 Å². The minimum Gasteiger partial charge on any atom is -0.311 e. The number of nitrogens with zero attached hydrogens (tertiary/aromatic N) is 1. The summed E-state index contributed by atoms with van der Waals surface area (Å²) in [4.78, 5) is 2.54. The lowest BCUT2D eigenvalue weighted by molar-refractivity contribution is 0.260. The number of hydrogen-bond donors (Lipinski definition) is 1. The molecule has 1 fully saturated rings. The Labute approximate surface area is 119 Å². The number of likely N-dealkylation sites (N-methyl/N-ethyl adjacent to an activating group) is 1. The molecule has 100 valence electrons. The third-order valence-corrected chi connectivity index (χ3v) is 4.34. The van der Waals surface area contributed by atoms with E-state index in [0.29, 0.717) is 16.1 Å². The summed E-state index contributed by atoms with van der Waals surface area (Å²) in [6.45, 7) is 6.53. The first-order valence-electron chi connectivity index (χ1n) is 6.59. The van der Waals surface area contributed by atoms with Crippen molar-refractivity contribution in [1.29, 1.82) is 0 Å². The molecule has 18 heavy (non-hydrogen) atoms. The fourth-order valence-electron chi connectivity index (χ4n) is 2.58. The van der Waals surface area contributed by atoms with Crippen LogP contribution in [0.4, 0.5) is 0 Å². The second-order valence-corrected chi connectivity index (χ2v) is 5.62. The van der Waals surface area contributed by atoms with E-state index in [9.17, 15) is 0 Å². The third-order valence-electron chi connectivity index (χ3n) is 3.60. The van der Waals surface area contributed by atoms with Gasteiger partial charge in [-0.3, -0.25) is 4.90 Å². The maximum absolute atomic E-state index is 6.00. The molecule has 1 aliphatic heterocycles. The van der Waals surface area contributed by atoms with Gasteiger partial charge in [0.15, 0.2) is 0 Å². The molecule has 1 aromatic rings. The molecule has 0 radical (unpaired) electrons. The van der Waals surface area contributed by atoms with Crippen molar-refractivity contribution in [3.05, 3.63) is 33.8 Å². The molecule has 1 N–H and O–H groups in total. The average Bonchev–Trinajstić information content (AvgIpc) is 2.81. The molecule has 2 rings (SSSR count). The van der Waals surface area contributed by atoms with Crippen molar-refractivity contribution in [2.24, 2.45) is 0 Å². The summed E-state index contributed by atoms with van der Waals surface area (Å²) in [6.07, 6.45) is 2.63. The van der Waals surface area contributed by atoms with Crippen molar-refractivity contribution in [3.63, 3.8) is 0 Å². The van der Waals surface area contributed by atoms with Crippen LogP contribution in [0.5, 0.6) is 0 Å². The van der Waals surface area contributed by atoms with Crippen LogP contribution >= 0.6 is 23.2 Å². The van der Waals surface area contributed by atoms with Crippen LogP contribution in [0.2, 0.25) is 10.0 Å². The van der Waals surface area contributed by atoms with E-state index in [-0.39, 0.29) is 0 Å². The molecule has 0 spiro atoms. The zero-order chi connectivity index (χ0) is 13.0. The van der Waals surface area contributed by atoms with Gasteiger partial charge in [0.05, 0.1) is 10.0 Å². The number of hydrogen-bond acceptors (Lipinski definition) is 2. The predicted molar refractivity (Wildman–Crippen MR) is 78.4 cm³/mol. The first-order valence-corrected chi connectivity index (χ1v) is 7.35. The zero-order valence-electron chi connectivity index (χ0n) is 10.8. The molecule has 1 heterocycles. The molecule has 2 nitrogen and oxygen atoms in total. The Bertz CT molecular complexity index is 395. The van der Waals surface area contributed by atoms with Crippen LogP contribution in [-0.2, 0) is 6.54 Å². The fraction of sp³-hybridized carbons (Fsp3) is 0.571. The van der Waals surface area contributed by atoms with Gasteiger partial charge in [0.25, 0.3) is 0 Å². The molecule has 0 amide bonds. The normalized spacial score (nSPS) is 20.5. The van der Waals surface area contributed by atoms with E-state index in [0.717, 1.165) is 19.6 Å². The number of likely N-dealkylation sites (tertiary alicyclic amines) is 1. The van der Waals surface area contributed by atoms with Crippen molar-refractivity contribution >= 4 is 23.2 Å². The topological polar surface area (TPSA) is 15.3 Å². The van der Waals surface area contributed by atoms with E-state index in [2.05, 4.69) is 17.1 Å². The summed E-state index contributed by atoms with van der Waals surface area (Å²) in [5.74, 6) is 0. The molecular weight excluding hydrogens is 267 g/mol. The van der Waals surface area contributed by atoms with E-state index >= 15 is 0 Å². The summed E-state index contributed by atoms with van der Waals surface area (Å²) >= 11 is 11.9. The molecule has 4 heteroatoms. The molecule has 1 aromatic carbocycles. The highest BCUT2D eigenvalue weighted by atomic mass is 35.5. The zero-order valence-corrected chi connectivity index (χ0v) is 12.3. The Morgan fingerprint density at radius 3 is 2.89 bits per heavy atom. The van der Waals surface area contributed by atoms with Crippen LogP contribution in [0.25, 0.3) is 0 Å². The summed E-state index contributed by atoms with van der Waals surface area (Å²) in [7, 11) is 0. The largest absolute Gasteiger partial charge is 0.311 e. The van der Waals surface area contributed by atoms with E-state index in [4.69, 9.17) is 23.2 Å². The monoisotopic (exact) mass is 286 g/mol. The van der Waals surface area contributed by atoms with Gasteiger partial charge in [-0.1, -0.05) is 36.2 Å². The maximum atomic E-state index is 6.00. The van der Waals surface area contributed by atoms with Crippen molar-refractivity contribution < 1.29 is 0 Å². The highest BCUT2D eigenvalue weighted by molar-refractivity contribution is 6.42. The molecule has 1 aliphatic rings. The lowest BCUT2D eigenvalue weighted by Gasteiger charge is -2.23. The minimum absolute atomic E-state index is 0.619. The Morgan fingerprint density at radius 2 is 2.17 bits per heavy atom. The molecule has 1 atom stereocenters. The maximum Gasteiger partial charge on any atom is 0.0595 e. The molecule has 0 aromatic heterocycles. The van der Waals surface area contributed by atoms with Crippen molar-refractivity contribution in [2.45, 2.75) is 32.4 Å². The van der Waals surface area contributed by atoms with Crippen LogP contribution in [0, 0.1) is 0 Å². The van der Waals surface area contributed by atoms with Gasteiger partial charge in [-0.15, -0.1) is 0 Å². The van der Waals surface area contributed by atoms with Crippen LogP contribution < -0.4 is 5.32 Å². The van der Waals surface area contributed by atoms with Gasteiger partial charge in [-0.2, -0.15) is 0 Å². The first-order chi connectivity index (χ1) is 8.70. The molecule has 0 bridgehead atoms. The first kappa shape index (κ1) is 14.1. The second-order valence-electron chi connectivity index (χ2n) is 4.80. The van der Waals surface area contributed by atoms with Gasteiger partial charge in [0, 0.05) is 19.1 Å². The highest BCUT2D eigenvalue weighted by Gasteiger charge is 2.21. The predicted octanol–water partition coefficient (Wildman–Crippen LogP) is 3.57. The van der Waals surface area contributed by atoms with E-state index in [1.54, 1.807) is 0 Å². The SMILES string of the molecule is CCN1CCCC1CNCc1ccc(Cl)c(Cl)c1. The van der Waals surface area contributed by atoms with Crippen LogP contribution in [0.15, 0.2) is 18.2 Å². The summed E-state index contributed by atoms with van der Waals surface area (Å²) in [6, 6.07) is 6.50. The summed E-state index contributed by atoms with van der Waals surface area (Å²) in [5, 5.41) is 4.76. The van der Waals surface area contributed by atoms with Gasteiger partial charge >= 0.3 is 0 Å². The number of benzene rings is 1. The van der Waals surface area contributed by atoms with E-state index in [1.807, 2.05) is 18.2 Å². The lowest BCUT2D eigenvalue weighted by Crippen LogP contribution is -2.37. The lowest BCUT2D eigenvalue weighted by atomic mass is 10.2. The Hall–Kier alpha value is -0.280. The minimum atomic E-state index is 0.619. The van der Waals surface area contributed by atoms with Crippen LogP contribution in [0.3, 0.4) is 0 Å². The molecule has 0 saturated carbocycles. The molecule has 1 unspecified atom stereocenters. The number of halogens is 2. The van der Waals surface area contributed by atoms with Crippen molar-refractivity contribution in [3.8, 4) is 0 Å². The standard InChI is InChI=1S/C14H20Cl2N2/c1-2-18-7-3-4-12(18)10-17-9-11-5-6-13(15)14(16)8-11/h5-6,8,12,17H,2-4,7,9-10H2,1H3. The highest BCUT2D eigenvalue weighted by Crippen LogP contribution is 2.22.